The molecule has 3 rings (SSSR count). The molecule has 0 nitrogen and oxygen atoms in total. The van der Waals surface area contributed by atoms with Crippen molar-refractivity contribution in [1.82, 2.24) is 0 Å². The maximum Gasteiger partial charge on any atom is -0.0233 e. The number of hydrogen-bond donors (Lipinski definition) is 0. The topological polar surface area (TPSA) is 0 Å². The molecule has 0 heterocycles. The number of hydrogen-bond acceptors (Lipinski definition) is 0. The Kier molecular flexibility index (Phi) is 0.715. The lowest BCUT2D eigenvalue weighted by atomic mass is 10.1. The number of rotatable bonds is 0. The summed E-state index contributed by atoms with van der Waals surface area (Å²) in [6, 6.07) is 4.66. The molecule has 0 heteroatoms. The third kappa shape index (κ3) is 0.406. The molecule has 0 atom stereocenters. The van der Waals surface area contributed by atoms with Crippen molar-refractivity contribution in [2.45, 2.75) is 25.7 Å². The smallest absolute Gasteiger partial charge is 0.0233 e. The molecule has 0 spiro atoms. The molecule has 0 amide bonds. The predicted octanol–water partition coefficient (Wildman–Crippen LogP) is 1.88. The highest BCUT2D eigenvalue weighted by Crippen LogP contribution is 2.34. The van der Waals surface area contributed by atoms with Crippen LogP contribution in [-0.4, -0.2) is 0 Å². The fourth-order valence-electron chi connectivity index (χ4n) is 2.40. The zero-order chi connectivity index (χ0) is 6.55. The Labute approximate surface area is 60.9 Å². The van der Waals surface area contributed by atoms with Gasteiger partial charge in [0.15, 0.2) is 0 Å². The second kappa shape index (κ2) is 1.45. The van der Waals surface area contributed by atoms with Crippen molar-refractivity contribution >= 4 is 0 Å². The molecule has 1 aromatic carbocycles. The van der Waals surface area contributed by atoms with E-state index in [9.17, 15) is 0 Å². The van der Waals surface area contributed by atoms with Crippen LogP contribution in [0.4, 0.5) is 0 Å². The molecule has 0 fully saturated rings. The fourth-order valence-corrected chi connectivity index (χ4v) is 2.40. The molecule has 0 saturated carbocycles. The zero-order valence-electron chi connectivity index (χ0n) is 5.98. The van der Waals surface area contributed by atoms with E-state index in [1.54, 1.807) is 22.3 Å². The van der Waals surface area contributed by atoms with Gasteiger partial charge in [0.05, 0.1) is 0 Å². The quantitative estimate of drug-likeness (QED) is 0.503. The van der Waals surface area contributed by atoms with E-state index >= 15 is 0 Å². The number of benzene rings is 1. The summed E-state index contributed by atoms with van der Waals surface area (Å²) in [5, 5.41) is 0. The molecule has 10 heavy (non-hydrogen) atoms. The molecule has 0 N–H and O–H groups in total. The molecule has 1 aromatic rings. The highest BCUT2D eigenvalue weighted by Gasteiger charge is 2.23. The van der Waals surface area contributed by atoms with Gasteiger partial charge in [-0.15, -0.1) is 0 Å². The van der Waals surface area contributed by atoms with Crippen molar-refractivity contribution in [2.75, 3.05) is 0 Å². The van der Waals surface area contributed by atoms with Gasteiger partial charge in [-0.05, 0) is 47.9 Å². The van der Waals surface area contributed by atoms with Crippen molar-refractivity contribution in [3.63, 3.8) is 0 Å². The molecule has 0 unspecified atom stereocenters. The summed E-state index contributed by atoms with van der Waals surface area (Å²) >= 11 is 0. The lowest BCUT2D eigenvalue weighted by Gasteiger charge is -1.93. The first kappa shape index (κ1) is 4.95. The monoisotopic (exact) mass is 130 g/mol. The van der Waals surface area contributed by atoms with Crippen LogP contribution in [0.5, 0.6) is 0 Å². The predicted molar refractivity (Wildman–Crippen MR) is 41.3 cm³/mol. The van der Waals surface area contributed by atoms with Crippen molar-refractivity contribution in [3.8, 4) is 0 Å². The standard InChI is InChI=1S/C10H10/c1-2-8-4-6-9-7(1)3-5-10(8)9/h1-2H,3-6H2. The maximum atomic E-state index is 2.33. The number of aryl methyl sites for hydroxylation is 2. The van der Waals surface area contributed by atoms with E-state index in [1.807, 2.05) is 0 Å². The third-order valence-corrected chi connectivity index (χ3v) is 2.91. The Morgan fingerprint density at radius 2 is 1.20 bits per heavy atom. The minimum atomic E-state index is 1.32. The summed E-state index contributed by atoms with van der Waals surface area (Å²) in [5.74, 6) is 0. The first-order chi connectivity index (χ1) is 4.95. The van der Waals surface area contributed by atoms with E-state index in [1.165, 1.54) is 25.7 Å². The molecule has 2 aliphatic rings. The molecule has 2 aliphatic carbocycles. The van der Waals surface area contributed by atoms with E-state index < -0.39 is 0 Å². The minimum absolute atomic E-state index is 1.32. The summed E-state index contributed by atoms with van der Waals surface area (Å²) in [4.78, 5) is 0. The second-order valence-electron chi connectivity index (χ2n) is 3.34. The first-order valence-electron chi connectivity index (χ1n) is 4.07. The molecular weight excluding hydrogens is 120 g/mol. The molecule has 0 saturated heterocycles. The average molecular weight is 130 g/mol. The lowest BCUT2D eigenvalue weighted by Crippen LogP contribution is -1.81. The van der Waals surface area contributed by atoms with Crippen LogP contribution in [0.3, 0.4) is 0 Å². The van der Waals surface area contributed by atoms with E-state index in [0.29, 0.717) is 0 Å². The van der Waals surface area contributed by atoms with Gasteiger partial charge in [-0.25, -0.2) is 0 Å². The minimum Gasteiger partial charge on any atom is -0.0585 e. The van der Waals surface area contributed by atoms with Gasteiger partial charge in [0.2, 0.25) is 0 Å². The summed E-state index contributed by atoms with van der Waals surface area (Å²) in [5.41, 5.74) is 6.68. The lowest BCUT2D eigenvalue weighted by molar-refractivity contribution is 0.974. The van der Waals surface area contributed by atoms with Crippen molar-refractivity contribution in [1.29, 1.82) is 0 Å². The second-order valence-corrected chi connectivity index (χ2v) is 3.34. The summed E-state index contributed by atoms with van der Waals surface area (Å²) in [7, 11) is 0. The van der Waals surface area contributed by atoms with Gasteiger partial charge in [0, 0.05) is 0 Å². The largest absolute Gasteiger partial charge is 0.0585 e. The van der Waals surface area contributed by atoms with Gasteiger partial charge in [0.25, 0.3) is 0 Å². The van der Waals surface area contributed by atoms with Crippen LogP contribution >= 0.6 is 0 Å². The van der Waals surface area contributed by atoms with Crippen molar-refractivity contribution in [2.24, 2.45) is 0 Å². The van der Waals surface area contributed by atoms with Crippen LogP contribution in [0.25, 0.3) is 0 Å². The van der Waals surface area contributed by atoms with Gasteiger partial charge in [-0.1, -0.05) is 12.1 Å². The van der Waals surface area contributed by atoms with Crippen molar-refractivity contribution in [3.05, 3.63) is 34.4 Å². The molecule has 4 bridgehead atoms. The Bertz CT molecular complexity index is 266. The van der Waals surface area contributed by atoms with Crippen LogP contribution in [0.1, 0.15) is 22.3 Å². The summed E-state index contributed by atoms with van der Waals surface area (Å²) in [6.07, 6.45) is 5.33. The van der Waals surface area contributed by atoms with Gasteiger partial charge in [-0.3, -0.25) is 0 Å². The molecule has 0 aromatic heterocycles. The molecule has 0 radical (unpaired) electrons. The van der Waals surface area contributed by atoms with Crippen LogP contribution < -0.4 is 0 Å². The van der Waals surface area contributed by atoms with Gasteiger partial charge >= 0.3 is 0 Å². The van der Waals surface area contributed by atoms with Gasteiger partial charge < -0.3 is 0 Å². The van der Waals surface area contributed by atoms with E-state index in [0.717, 1.165) is 0 Å². The maximum absolute atomic E-state index is 2.33. The normalized spacial score (nSPS) is 18.4. The van der Waals surface area contributed by atoms with Crippen molar-refractivity contribution < 1.29 is 0 Å². The van der Waals surface area contributed by atoms with Gasteiger partial charge in [0.1, 0.15) is 0 Å². The fraction of sp³-hybridized carbons (Fsp3) is 0.400. The molecule has 50 valence electrons. The van der Waals surface area contributed by atoms with Crippen LogP contribution in [-0.2, 0) is 25.7 Å². The van der Waals surface area contributed by atoms with E-state index in [2.05, 4.69) is 12.1 Å². The van der Waals surface area contributed by atoms with Crippen LogP contribution in [0.15, 0.2) is 12.1 Å². The Balaban J connectivity index is 2.45. The highest BCUT2D eigenvalue weighted by molar-refractivity contribution is 5.50. The Morgan fingerprint density at radius 3 is 1.70 bits per heavy atom. The Hall–Kier alpha value is -0.780. The SMILES string of the molecule is c1cc2c3c(c1CC3)CC2. The summed E-state index contributed by atoms with van der Waals surface area (Å²) in [6.45, 7) is 0. The first-order valence-corrected chi connectivity index (χ1v) is 4.07. The average Bonchev–Trinajstić information content (AvgIpc) is 2.36. The highest BCUT2D eigenvalue weighted by atomic mass is 14.3. The Morgan fingerprint density at radius 1 is 0.700 bits per heavy atom. The third-order valence-electron chi connectivity index (χ3n) is 2.91. The van der Waals surface area contributed by atoms with Gasteiger partial charge in [-0.2, -0.15) is 0 Å². The van der Waals surface area contributed by atoms with Crippen LogP contribution in [0, 0.1) is 0 Å². The summed E-state index contributed by atoms with van der Waals surface area (Å²) < 4.78 is 0. The van der Waals surface area contributed by atoms with E-state index in [4.69, 9.17) is 0 Å². The zero-order valence-corrected chi connectivity index (χ0v) is 5.98. The molecular formula is C10H10. The molecule has 0 aliphatic heterocycles. The van der Waals surface area contributed by atoms with Crippen LogP contribution in [0.2, 0.25) is 0 Å². The van der Waals surface area contributed by atoms with E-state index in [-0.39, 0.29) is 0 Å².